The van der Waals surface area contributed by atoms with Gasteiger partial charge in [0.1, 0.15) is 6.61 Å². The highest BCUT2D eigenvalue weighted by atomic mass is 31.2. The number of unbranched alkanes of at least 4 members (excludes halogenated alkanes) is 32. The predicted octanol–water partition coefficient (Wildman–Crippen LogP) is 15.5. The van der Waals surface area contributed by atoms with Crippen molar-refractivity contribution in [3.05, 3.63) is 24.3 Å². The summed E-state index contributed by atoms with van der Waals surface area (Å²) in [7, 11) is -4.76. The summed E-state index contributed by atoms with van der Waals surface area (Å²) >= 11 is 0. The van der Waals surface area contributed by atoms with Gasteiger partial charge in [0.15, 0.2) is 6.10 Å². The van der Waals surface area contributed by atoms with E-state index in [-0.39, 0.29) is 19.4 Å². The van der Waals surface area contributed by atoms with Gasteiger partial charge in [-0.1, -0.05) is 212 Å². The van der Waals surface area contributed by atoms with Crippen LogP contribution in [-0.2, 0) is 28.2 Å². The second-order valence-electron chi connectivity index (χ2n) is 16.8. The standard InChI is InChI=1S/C49H93O8P/c1-3-5-7-9-11-13-15-17-19-21-22-23-24-25-26-28-30-32-34-36-38-40-42-44-49(51)57-47(46-56-58(52,53)54)45-55-48(50)43-41-39-37-35-33-31-29-27-20-18-16-14-12-10-8-6-4-2/h14,16,36,38,47H,3-13,15,17-35,37,39-46H2,1-2H3,(H2,52,53,54)/b16-14+,38-36+/t47-/m1/s1. The first-order valence-electron chi connectivity index (χ1n) is 24.6. The largest absolute Gasteiger partial charge is 0.469 e. The summed E-state index contributed by atoms with van der Waals surface area (Å²) < 4.78 is 26.5. The van der Waals surface area contributed by atoms with E-state index in [2.05, 4.69) is 42.7 Å². The fourth-order valence-electron chi connectivity index (χ4n) is 7.26. The monoisotopic (exact) mass is 841 g/mol. The number of hydrogen-bond donors (Lipinski definition) is 2. The zero-order valence-corrected chi connectivity index (χ0v) is 38.9. The SMILES string of the molecule is CCCCCC/C=C/CCCCCCCCCCCC(=O)OC[C@H](COP(=O)(O)O)OC(=O)CCC/C=C/CCCCCCCCCCCCCCCCCCCC. The van der Waals surface area contributed by atoms with Gasteiger partial charge in [0.2, 0.25) is 0 Å². The molecule has 1 atom stereocenters. The maximum Gasteiger partial charge on any atom is 0.469 e. The molecule has 0 saturated carbocycles. The van der Waals surface area contributed by atoms with E-state index in [0.29, 0.717) is 6.42 Å². The van der Waals surface area contributed by atoms with Crippen LogP contribution in [0.5, 0.6) is 0 Å². The molecule has 0 aliphatic heterocycles. The van der Waals surface area contributed by atoms with Crippen LogP contribution < -0.4 is 0 Å². The highest BCUT2D eigenvalue weighted by Crippen LogP contribution is 2.36. The fourth-order valence-corrected chi connectivity index (χ4v) is 7.62. The third-order valence-corrected chi connectivity index (χ3v) is 11.4. The van der Waals surface area contributed by atoms with Crippen molar-refractivity contribution in [2.45, 2.75) is 264 Å². The predicted molar refractivity (Wildman–Crippen MR) is 244 cm³/mol. The molecule has 9 heteroatoms. The van der Waals surface area contributed by atoms with Crippen LogP contribution in [0.1, 0.15) is 258 Å². The zero-order valence-electron chi connectivity index (χ0n) is 38.0. The van der Waals surface area contributed by atoms with Crippen LogP contribution in [0.15, 0.2) is 24.3 Å². The number of rotatable bonds is 46. The van der Waals surface area contributed by atoms with Crippen LogP contribution in [0, 0.1) is 0 Å². The average molecular weight is 841 g/mol. The van der Waals surface area contributed by atoms with Crippen molar-refractivity contribution >= 4 is 19.8 Å². The molecule has 0 aliphatic rings. The van der Waals surface area contributed by atoms with Crippen molar-refractivity contribution in [1.82, 2.24) is 0 Å². The van der Waals surface area contributed by atoms with Gasteiger partial charge in [-0.25, -0.2) is 4.57 Å². The Morgan fingerprint density at radius 3 is 1.12 bits per heavy atom. The number of hydrogen-bond acceptors (Lipinski definition) is 6. The van der Waals surface area contributed by atoms with Crippen molar-refractivity contribution in [2.75, 3.05) is 13.2 Å². The third-order valence-electron chi connectivity index (χ3n) is 10.9. The van der Waals surface area contributed by atoms with E-state index in [4.69, 9.17) is 19.3 Å². The number of esters is 2. The van der Waals surface area contributed by atoms with Crippen LogP contribution in [-0.4, -0.2) is 41.0 Å². The van der Waals surface area contributed by atoms with Gasteiger partial charge in [0, 0.05) is 12.8 Å². The lowest BCUT2D eigenvalue weighted by Crippen LogP contribution is -2.29. The summed E-state index contributed by atoms with van der Waals surface area (Å²) in [4.78, 5) is 43.0. The van der Waals surface area contributed by atoms with Crippen molar-refractivity contribution in [3.8, 4) is 0 Å². The Bertz CT molecular complexity index is 993. The molecule has 0 aromatic rings. The molecule has 2 N–H and O–H groups in total. The first-order valence-corrected chi connectivity index (χ1v) is 26.2. The van der Waals surface area contributed by atoms with Gasteiger partial charge in [-0.3, -0.25) is 14.1 Å². The molecule has 0 amide bonds. The van der Waals surface area contributed by atoms with E-state index in [0.717, 1.165) is 32.1 Å². The molecule has 0 aromatic heterocycles. The molecule has 58 heavy (non-hydrogen) atoms. The molecule has 8 nitrogen and oxygen atoms in total. The van der Waals surface area contributed by atoms with Crippen molar-refractivity contribution in [2.24, 2.45) is 0 Å². The Morgan fingerprint density at radius 2 is 0.741 bits per heavy atom. The molecular formula is C49H93O8P. The minimum absolute atomic E-state index is 0.167. The Hall–Kier alpha value is -1.47. The van der Waals surface area contributed by atoms with Gasteiger partial charge in [0.05, 0.1) is 6.61 Å². The van der Waals surface area contributed by atoms with Crippen molar-refractivity contribution in [3.63, 3.8) is 0 Å². The van der Waals surface area contributed by atoms with Gasteiger partial charge in [-0.2, -0.15) is 0 Å². The average Bonchev–Trinajstić information content (AvgIpc) is 3.20. The van der Waals surface area contributed by atoms with Crippen molar-refractivity contribution in [1.29, 1.82) is 0 Å². The number of allylic oxidation sites excluding steroid dienone is 4. The molecule has 0 radical (unpaired) electrons. The third kappa shape index (κ3) is 47.2. The number of carbonyl (C=O) groups excluding carboxylic acids is 2. The number of phosphoric acid groups is 1. The van der Waals surface area contributed by atoms with Gasteiger partial charge in [0.25, 0.3) is 0 Å². The lowest BCUT2D eigenvalue weighted by molar-refractivity contribution is -0.161. The fraction of sp³-hybridized carbons (Fsp3) is 0.878. The second kappa shape index (κ2) is 45.1. The van der Waals surface area contributed by atoms with Gasteiger partial charge >= 0.3 is 19.8 Å². The molecule has 0 spiro atoms. The van der Waals surface area contributed by atoms with E-state index in [1.165, 1.54) is 193 Å². The minimum atomic E-state index is -4.76. The molecule has 0 bridgehead atoms. The molecule has 0 fully saturated rings. The molecule has 0 unspecified atom stereocenters. The minimum Gasteiger partial charge on any atom is -0.462 e. The van der Waals surface area contributed by atoms with Gasteiger partial charge in [-0.05, 0) is 57.8 Å². The maximum absolute atomic E-state index is 12.4. The molecule has 0 aromatic carbocycles. The van der Waals surface area contributed by atoms with Crippen LogP contribution in [0.4, 0.5) is 0 Å². The molecule has 342 valence electrons. The summed E-state index contributed by atoms with van der Waals surface area (Å²) in [5.74, 6) is -0.913. The summed E-state index contributed by atoms with van der Waals surface area (Å²) in [6.45, 7) is 3.69. The van der Waals surface area contributed by atoms with E-state index in [9.17, 15) is 14.2 Å². The Labute approximate surface area is 358 Å². The first-order chi connectivity index (χ1) is 28.3. The number of ether oxygens (including phenoxy) is 2. The van der Waals surface area contributed by atoms with Crippen LogP contribution in [0.25, 0.3) is 0 Å². The normalized spacial score (nSPS) is 12.6. The van der Waals surface area contributed by atoms with Gasteiger partial charge < -0.3 is 19.3 Å². The van der Waals surface area contributed by atoms with E-state index in [1.807, 2.05) is 0 Å². The number of phosphoric ester groups is 1. The molecule has 0 rings (SSSR count). The van der Waals surface area contributed by atoms with E-state index in [1.54, 1.807) is 0 Å². The highest BCUT2D eigenvalue weighted by Gasteiger charge is 2.22. The summed E-state index contributed by atoms with van der Waals surface area (Å²) in [5.41, 5.74) is 0. The highest BCUT2D eigenvalue weighted by molar-refractivity contribution is 7.46. The quantitative estimate of drug-likeness (QED) is 0.0269. The summed E-state index contributed by atoms with van der Waals surface area (Å²) in [6, 6.07) is 0. The van der Waals surface area contributed by atoms with Crippen LogP contribution in [0.2, 0.25) is 0 Å². The Morgan fingerprint density at radius 1 is 0.431 bits per heavy atom. The van der Waals surface area contributed by atoms with E-state index >= 15 is 0 Å². The zero-order chi connectivity index (χ0) is 42.5. The smallest absolute Gasteiger partial charge is 0.462 e. The maximum atomic E-state index is 12.4. The van der Waals surface area contributed by atoms with Crippen LogP contribution >= 0.6 is 7.82 Å². The molecule has 0 aliphatic carbocycles. The van der Waals surface area contributed by atoms with Crippen LogP contribution in [0.3, 0.4) is 0 Å². The topological polar surface area (TPSA) is 119 Å². The first kappa shape index (κ1) is 56.5. The lowest BCUT2D eigenvalue weighted by Gasteiger charge is -2.18. The summed E-state index contributed by atoms with van der Waals surface area (Å²) in [5, 5.41) is 0. The Balaban J connectivity index is 3.83. The van der Waals surface area contributed by atoms with E-state index < -0.39 is 32.5 Å². The molecular weight excluding hydrogens is 748 g/mol. The molecule has 0 heterocycles. The van der Waals surface area contributed by atoms with Gasteiger partial charge in [-0.15, -0.1) is 0 Å². The lowest BCUT2D eigenvalue weighted by atomic mass is 10.0. The van der Waals surface area contributed by atoms with Crippen molar-refractivity contribution < 1.29 is 37.9 Å². The summed E-state index contributed by atoms with van der Waals surface area (Å²) in [6.07, 6.45) is 53.5. The second-order valence-corrected chi connectivity index (χ2v) is 18.0. The Kier molecular flexibility index (Phi) is 43.9. The molecule has 0 saturated heterocycles. The number of carbonyl (C=O) groups is 2.